The molecule has 0 aromatic heterocycles. The molecule has 3 nitrogen and oxygen atoms in total. The number of anilines is 1. The van der Waals surface area contributed by atoms with Crippen molar-refractivity contribution in [3.05, 3.63) is 28.8 Å². The quantitative estimate of drug-likeness (QED) is 0.846. The molecule has 104 valence electrons. The third kappa shape index (κ3) is 2.88. The summed E-state index contributed by atoms with van der Waals surface area (Å²) in [6, 6.07) is 6.30. The Morgan fingerprint density at radius 3 is 3.05 bits per heavy atom. The molecule has 1 aromatic rings. The minimum absolute atomic E-state index is 0.419. The fourth-order valence-corrected chi connectivity index (χ4v) is 3.50. The molecule has 2 N–H and O–H groups in total. The Labute approximate surface area is 119 Å². The van der Waals surface area contributed by atoms with E-state index < -0.39 is 0 Å². The van der Waals surface area contributed by atoms with E-state index in [0.29, 0.717) is 12.1 Å². The molecule has 1 heterocycles. The Balaban J connectivity index is 1.75. The van der Waals surface area contributed by atoms with Gasteiger partial charge < -0.3 is 10.5 Å². The predicted octanol–water partition coefficient (Wildman–Crippen LogP) is 3.07. The van der Waals surface area contributed by atoms with Gasteiger partial charge in [-0.1, -0.05) is 24.4 Å². The number of benzene rings is 1. The summed E-state index contributed by atoms with van der Waals surface area (Å²) in [5, 5.41) is 0.762. The molecule has 1 aliphatic carbocycles. The molecule has 0 spiro atoms. The van der Waals surface area contributed by atoms with Gasteiger partial charge in [0, 0.05) is 29.8 Å². The van der Waals surface area contributed by atoms with Crippen molar-refractivity contribution in [2.45, 2.75) is 44.4 Å². The van der Waals surface area contributed by atoms with Gasteiger partial charge in [-0.3, -0.25) is 4.90 Å². The van der Waals surface area contributed by atoms with Crippen LogP contribution in [0.1, 0.15) is 31.2 Å². The van der Waals surface area contributed by atoms with Gasteiger partial charge in [-0.25, -0.2) is 0 Å². The fourth-order valence-electron chi connectivity index (χ4n) is 3.30. The average Bonchev–Trinajstić information content (AvgIpc) is 2.43. The van der Waals surface area contributed by atoms with Crippen molar-refractivity contribution in [2.24, 2.45) is 0 Å². The van der Waals surface area contributed by atoms with Crippen LogP contribution in [0.25, 0.3) is 0 Å². The summed E-state index contributed by atoms with van der Waals surface area (Å²) in [5.74, 6) is 0. The molecule has 0 radical (unpaired) electrons. The summed E-state index contributed by atoms with van der Waals surface area (Å²) in [4.78, 5) is 2.52. The summed E-state index contributed by atoms with van der Waals surface area (Å²) in [5.41, 5.74) is 8.03. The highest BCUT2D eigenvalue weighted by Crippen LogP contribution is 2.30. The zero-order chi connectivity index (χ0) is 13.2. The Hall–Kier alpha value is -0.770. The first-order chi connectivity index (χ1) is 9.24. The molecule has 0 bridgehead atoms. The normalized spacial score (nSPS) is 28.1. The predicted molar refractivity (Wildman–Crippen MR) is 78.3 cm³/mol. The topological polar surface area (TPSA) is 38.5 Å². The maximum atomic E-state index is 6.07. The van der Waals surface area contributed by atoms with Crippen molar-refractivity contribution in [3.8, 4) is 0 Å². The Kier molecular flexibility index (Phi) is 3.96. The number of fused-ring (bicyclic) bond motifs is 1. The molecule has 2 unspecified atom stereocenters. The first-order valence-corrected chi connectivity index (χ1v) is 7.51. The minimum atomic E-state index is 0.419. The molecule has 1 saturated heterocycles. The van der Waals surface area contributed by atoms with Crippen LogP contribution in [0.2, 0.25) is 5.02 Å². The molecule has 1 aromatic carbocycles. The van der Waals surface area contributed by atoms with Crippen molar-refractivity contribution in [1.82, 2.24) is 4.90 Å². The van der Waals surface area contributed by atoms with Crippen molar-refractivity contribution in [3.63, 3.8) is 0 Å². The van der Waals surface area contributed by atoms with Crippen LogP contribution >= 0.6 is 11.6 Å². The van der Waals surface area contributed by atoms with Crippen molar-refractivity contribution < 1.29 is 4.74 Å². The molecule has 3 rings (SSSR count). The molecular formula is C15H21ClN2O. The van der Waals surface area contributed by atoms with E-state index in [2.05, 4.69) is 4.90 Å². The van der Waals surface area contributed by atoms with Crippen LogP contribution in [0.5, 0.6) is 0 Å². The smallest absolute Gasteiger partial charge is 0.0731 e. The van der Waals surface area contributed by atoms with E-state index in [4.69, 9.17) is 22.1 Å². The molecule has 0 amide bonds. The molecule has 1 saturated carbocycles. The summed E-state index contributed by atoms with van der Waals surface area (Å²) in [6.45, 7) is 2.71. The number of ether oxygens (including phenoxy) is 1. The maximum Gasteiger partial charge on any atom is 0.0731 e. The van der Waals surface area contributed by atoms with Gasteiger partial charge >= 0.3 is 0 Å². The van der Waals surface area contributed by atoms with Gasteiger partial charge in [0.1, 0.15) is 0 Å². The molecule has 2 fully saturated rings. The highest BCUT2D eigenvalue weighted by molar-refractivity contribution is 6.30. The molecule has 2 aliphatic rings. The second-order valence-electron chi connectivity index (χ2n) is 5.57. The van der Waals surface area contributed by atoms with E-state index in [-0.39, 0.29) is 0 Å². The number of nitrogens with zero attached hydrogens (tertiary/aromatic N) is 1. The Morgan fingerprint density at radius 1 is 1.32 bits per heavy atom. The summed E-state index contributed by atoms with van der Waals surface area (Å²) < 4.78 is 5.90. The lowest BCUT2D eigenvalue weighted by atomic mass is 9.90. The lowest BCUT2D eigenvalue weighted by Gasteiger charge is -2.44. The second kappa shape index (κ2) is 5.70. The van der Waals surface area contributed by atoms with Crippen LogP contribution in [0.15, 0.2) is 18.2 Å². The highest BCUT2D eigenvalue weighted by atomic mass is 35.5. The number of halogens is 1. The first kappa shape index (κ1) is 13.2. The van der Waals surface area contributed by atoms with E-state index in [9.17, 15) is 0 Å². The summed E-state index contributed by atoms with van der Waals surface area (Å²) in [7, 11) is 0. The van der Waals surface area contributed by atoms with E-state index >= 15 is 0 Å². The van der Waals surface area contributed by atoms with Crippen LogP contribution < -0.4 is 5.73 Å². The van der Waals surface area contributed by atoms with Crippen LogP contribution in [0.4, 0.5) is 5.69 Å². The van der Waals surface area contributed by atoms with Gasteiger partial charge in [0.05, 0.1) is 12.7 Å². The lowest BCUT2D eigenvalue weighted by molar-refractivity contribution is -0.0910. The molecule has 2 atom stereocenters. The van der Waals surface area contributed by atoms with Gasteiger partial charge in [-0.15, -0.1) is 0 Å². The maximum absolute atomic E-state index is 6.07. The molecule has 4 heteroatoms. The van der Waals surface area contributed by atoms with E-state index in [1.54, 1.807) is 0 Å². The third-order valence-electron chi connectivity index (χ3n) is 4.33. The first-order valence-electron chi connectivity index (χ1n) is 7.13. The van der Waals surface area contributed by atoms with Crippen LogP contribution in [0.3, 0.4) is 0 Å². The monoisotopic (exact) mass is 280 g/mol. The van der Waals surface area contributed by atoms with Crippen LogP contribution in [-0.4, -0.2) is 30.2 Å². The number of nitrogens with two attached hydrogens (primary N) is 1. The van der Waals surface area contributed by atoms with Gasteiger partial charge in [0.2, 0.25) is 0 Å². The molecule has 1 aliphatic heterocycles. The summed E-state index contributed by atoms with van der Waals surface area (Å²) >= 11 is 6.07. The Bertz CT molecular complexity index is 450. The molecule has 19 heavy (non-hydrogen) atoms. The fraction of sp³-hybridized carbons (Fsp3) is 0.600. The van der Waals surface area contributed by atoms with E-state index in [0.717, 1.165) is 36.0 Å². The second-order valence-corrected chi connectivity index (χ2v) is 6.01. The molecular weight excluding hydrogens is 260 g/mol. The van der Waals surface area contributed by atoms with Gasteiger partial charge in [-0.05, 0) is 36.6 Å². The summed E-state index contributed by atoms with van der Waals surface area (Å²) in [6.07, 6.45) is 5.47. The number of nitrogen functional groups attached to an aromatic ring is 1. The number of hydrogen-bond acceptors (Lipinski definition) is 3. The van der Waals surface area contributed by atoms with Crippen molar-refractivity contribution in [1.29, 1.82) is 0 Å². The van der Waals surface area contributed by atoms with Crippen molar-refractivity contribution >= 4 is 17.3 Å². The standard InChI is InChI=1S/C15H21ClN2O/c16-12-5-6-13(17)11(9-12)10-18-7-8-19-15-4-2-1-3-14(15)18/h5-6,9,14-15H,1-4,7-8,10,17H2. The number of hydrogen-bond donors (Lipinski definition) is 1. The largest absolute Gasteiger partial charge is 0.398 e. The lowest BCUT2D eigenvalue weighted by Crippen LogP contribution is -2.52. The SMILES string of the molecule is Nc1ccc(Cl)cc1CN1CCOC2CCCCC21. The third-order valence-corrected chi connectivity index (χ3v) is 4.56. The number of rotatable bonds is 2. The zero-order valence-electron chi connectivity index (χ0n) is 11.1. The zero-order valence-corrected chi connectivity index (χ0v) is 11.9. The Morgan fingerprint density at radius 2 is 2.16 bits per heavy atom. The van der Waals surface area contributed by atoms with Gasteiger partial charge in [-0.2, -0.15) is 0 Å². The van der Waals surface area contributed by atoms with E-state index in [1.807, 2.05) is 18.2 Å². The average molecular weight is 281 g/mol. The van der Waals surface area contributed by atoms with Gasteiger partial charge in [0.15, 0.2) is 0 Å². The van der Waals surface area contributed by atoms with Crippen LogP contribution in [-0.2, 0) is 11.3 Å². The van der Waals surface area contributed by atoms with Crippen molar-refractivity contribution in [2.75, 3.05) is 18.9 Å². The van der Waals surface area contributed by atoms with Crippen LogP contribution in [0, 0.1) is 0 Å². The highest BCUT2D eigenvalue weighted by Gasteiger charge is 2.34. The minimum Gasteiger partial charge on any atom is -0.398 e. The van der Waals surface area contributed by atoms with Gasteiger partial charge in [0.25, 0.3) is 0 Å². The van der Waals surface area contributed by atoms with E-state index in [1.165, 1.54) is 25.7 Å². The number of morpholine rings is 1.